The molecule has 0 atom stereocenters. The lowest BCUT2D eigenvalue weighted by molar-refractivity contribution is 0.577. The standard InChI is InChI=1S/C16H20N2O2S/c1-14-7-2-3-8-15(14)13-21(19,20)18-12-6-10-16-9-4-5-11-17-16/h2-5,7-9,11,18H,6,10,12-13H2,1H3. The first-order valence-electron chi connectivity index (χ1n) is 6.98. The average molecular weight is 304 g/mol. The third kappa shape index (κ3) is 5.28. The molecule has 0 radical (unpaired) electrons. The van der Waals surface area contributed by atoms with Gasteiger partial charge in [0.05, 0.1) is 5.75 Å². The normalized spacial score (nSPS) is 11.5. The third-order valence-electron chi connectivity index (χ3n) is 3.26. The van der Waals surface area contributed by atoms with Crippen molar-refractivity contribution in [2.24, 2.45) is 0 Å². The molecule has 0 aliphatic carbocycles. The molecule has 0 aliphatic rings. The molecule has 2 rings (SSSR count). The van der Waals surface area contributed by atoms with Gasteiger partial charge in [-0.3, -0.25) is 4.98 Å². The van der Waals surface area contributed by atoms with Crippen molar-refractivity contribution in [1.82, 2.24) is 9.71 Å². The van der Waals surface area contributed by atoms with Crippen LogP contribution in [0.3, 0.4) is 0 Å². The van der Waals surface area contributed by atoms with Crippen LogP contribution in [0.2, 0.25) is 0 Å². The van der Waals surface area contributed by atoms with Gasteiger partial charge in [0.15, 0.2) is 0 Å². The van der Waals surface area contributed by atoms with Gasteiger partial charge in [0.2, 0.25) is 10.0 Å². The molecule has 0 aliphatic heterocycles. The van der Waals surface area contributed by atoms with Crippen LogP contribution in [0.5, 0.6) is 0 Å². The van der Waals surface area contributed by atoms with Crippen molar-refractivity contribution in [1.29, 1.82) is 0 Å². The highest BCUT2D eigenvalue weighted by Crippen LogP contribution is 2.10. The van der Waals surface area contributed by atoms with Gasteiger partial charge in [-0.25, -0.2) is 13.1 Å². The lowest BCUT2D eigenvalue weighted by Crippen LogP contribution is -2.26. The molecule has 0 spiro atoms. The highest BCUT2D eigenvalue weighted by Gasteiger charge is 2.12. The number of aryl methyl sites for hydroxylation is 2. The minimum Gasteiger partial charge on any atom is -0.261 e. The highest BCUT2D eigenvalue weighted by atomic mass is 32.2. The van der Waals surface area contributed by atoms with E-state index in [2.05, 4.69) is 9.71 Å². The first-order valence-corrected chi connectivity index (χ1v) is 8.64. The number of aromatic nitrogens is 1. The van der Waals surface area contributed by atoms with E-state index in [9.17, 15) is 8.42 Å². The number of hydrogen-bond acceptors (Lipinski definition) is 3. The summed E-state index contributed by atoms with van der Waals surface area (Å²) in [5, 5.41) is 0. The molecule has 0 bridgehead atoms. The van der Waals surface area contributed by atoms with Gasteiger partial charge in [-0.15, -0.1) is 0 Å². The van der Waals surface area contributed by atoms with Crippen molar-refractivity contribution in [2.45, 2.75) is 25.5 Å². The summed E-state index contributed by atoms with van der Waals surface area (Å²) in [6.45, 7) is 2.36. The van der Waals surface area contributed by atoms with Crippen molar-refractivity contribution in [3.05, 3.63) is 65.5 Å². The SMILES string of the molecule is Cc1ccccc1CS(=O)(=O)NCCCc1ccccn1. The number of hydrogen-bond donors (Lipinski definition) is 1. The van der Waals surface area contributed by atoms with Crippen LogP contribution in [-0.2, 0) is 22.2 Å². The summed E-state index contributed by atoms with van der Waals surface area (Å²) in [6.07, 6.45) is 3.26. The minimum absolute atomic E-state index is 0.0310. The van der Waals surface area contributed by atoms with Gasteiger partial charge in [0.25, 0.3) is 0 Å². The Morgan fingerprint density at radius 1 is 1.10 bits per heavy atom. The molecule has 0 unspecified atom stereocenters. The summed E-state index contributed by atoms with van der Waals surface area (Å²) >= 11 is 0. The van der Waals surface area contributed by atoms with Gasteiger partial charge in [-0.1, -0.05) is 30.3 Å². The number of sulfonamides is 1. The molecule has 1 N–H and O–H groups in total. The van der Waals surface area contributed by atoms with Gasteiger partial charge in [0, 0.05) is 18.4 Å². The van der Waals surface area contributed by atoms with E-state index in [0.29, 0.717) is 6.54 Å². The topological polar surface area (TPSA) is 59.1 Å². The molecule has 0 amide bonds. The molecule has 5 heteroatoms. The van der Waals surface area contributed by atoms with Crippen LogP contribution in [-0.4, -0.2) is 19.9 Å². The van der Waals surface area contributed by atoms with Gasteiger partial charge in [-0.05, 0) is 43.0 Å². The summed E-state index contributed by atoms with van der Waals surface area (Å²) in [6, 6.07) is 13.3. The summed E-state index contributed by atoms with van der Waals surface area (Å²) < 4.78 is 26.7. The van der Waals surface area contributed by atoms with Crippen LogP contribution < -0.4 is 4.72 Å². The van der Waals surface area contributed by atoms with E-state index in [1.54, 1.807) is 6.20 Å². The second-order valence-electron chi connectivity index (χ2n) is 5.00. The van der Waals surface area contributed by atoms with E-state index in [4.69, 9.17) is 0 Å². The van der Waals surface area contributed by atoms with E-state index in [1.165, 1.54) is 0 Å². The molecule has 0 saturated carbocycles. The molecule has 112 valence electrons. The van der Waals surface area contributed by atoms with Crippen molar-refractivity contribution in [3.63, 3.8) is 0 Å². The van der Waals surface area contributed by atoms with Crippen molar-refractivity contribution in [3.8, 4) is 0 Å². The fourth-order valence-electron chi connectivity index (χ4n) is 2.07. The summed E-state index contributed by atoms with van der Waals surface area (Å²) in [7, 11) is -3.28. The first-order chi connectivity index (χ1) is 10.1. The van der Waals surface area contributed by atoms with Gasteiger partial charge in [0.1, 0.15) is 0 Å². The number of nitrogens with zero attached hydrogens (tertiary/aromatic N) is 1. The third-order valence-corrected chi connectivity index (χ3v) is 4.60. The van der Waals surface area contributed by atoms with Gasteiger partial charge < -0.3 is 0 Å². The second kappa shape index (κ2) is 7.33. The zero-order chi connectivity index (χ0) is 15.1. The number of nitrogens with one attached hydrogen (secondary N) is 1. The van der Waals surface area contributed by atoms with E-state index < -0.39 is 10.0 Å². The molecule has 0 fully saturated rings. The minimum atomic E-state index is -3.28. The van der Waals surface area contributed by atoms with Gasteiger partial charge in [-0.2, -0.15) is 0 Å². The largest absolute Gasteiger partial charge is 0.261 e. The molecular weight excluding hydrogens is 284 g/mol. The van der Waals surface area contributed by atoms with E-state index >= 15 is 0 Å². The van der Waals surface area contributed by atoms with Crippen molar-refractivity contribution >= 4 is 10.0 Å². The monoisotopic (exact) mass is 304 g/mol. The molecule has 1 aromatic carbocycles. The molecule has 2 aromatic rings. The number of benzene rings is 1. The predicted octanol–water partition coefficient (Wildman–Crippen LogP) is 2.44. The first kappa shape index (κ1) is 15.7. The Balaban J connectivity index is 1.81. The zero-order valence-electron chi connectivity index (χ0n) is 12.1. The number of pyridine rings is 1. The summed E-state index contributed by atoms with van der Waals surface area (Å²) in [5.74, 6) is 0.0310. The van der Waals surface area contributed by atoms with Crippen LogP contribution in [0, 0.1) is 6.92 Å². The Morgan fingerprint density at radius 3 is 2.57 bits per heavy atom. The molecular formula is C16H20N2O2S. The van der Waals surface area contributed by atoms with E-state index in [0.717, 1.165) is 29.7 Å². The fourth-order valence-corrected chi connectivity index (χ4v) is 3.36. The molecule has 4 nitrogen and oxygen atoms in total. The van der Waals surface area contributed by atoms with E-state index in [1.807, 2.05) is 49.4 Å². The Hall–Kier alpha value is -1.72. The maximum Gasteiger partial charge on any atom is 0.215 e. The van der Waals surface area contributed by atoms with Crippen molar-refractivity contribution in [2.75, 3.05) is 6.54 Å². The molecule has 0 saturated heterocycles. The van der Waals surface area contributed by atoms with Crippen molar-refractivity contribution < 1.29 is 8.42 Å². The lowest BCUT2D eigenvalue weighted by atomic mass is 10.1. The maximum absolute atomic E-state index is 12.0. The molecule has 1 aromatic heterocycles. The Bertz CT molecular complexity index is 670. The molecule has 1 heterocycles. The van der Waals surface area contributed by atoms with Crippen LogP contribution >= 0.6 is 0 Å². The van der Waals surface area contributed by atoms with Crippen LogP contribution in [0.4, 0.5) is 0 Å². The lowest BCUT2D eigenvalue weighted by Gasteiger charge is -2.08. The Labute approximate surface area is 126 Å². The van der Waals surface area contributed by atoms with E-state index in [-0.39, 0.29) is 5.75 Å². The number of rotatable bonds is 7. The predicted molar refractivity (Wildman–Crippen MR) is 84.4 cm³/mol. The average Bonchev–Trinajstić information content (AvgIpc) is 2.47. The summed E-state index contributed by atoms with van der Waals surface area (Å²) in [4.78, 5) is 4.21. The molecule has 21 heavy (non-hydrogen) atoms. The van der Waals surface area contributed by atoms with Crippen LogP contribution in [0.1, 0.15) is 23.2 Å². The fraction of sp³-hybridized carbons (Fsp3) is 0.312. The zero-order valence-corrected chi connectivity index (χ0v) is 12.9. The van der Waals surface area contributed by atoms with Gasteiger partial charge >= 0.3 is 0 Å². The highest BCUT2D eigenvalue weighted by molar-refractivity contribution is 7.88. The smallest absolute Gasteiger partial charge is 0.215 e. The maximum atomic E-state index is 12.0. The quantitative estimate of drug-likeness (QED) is 0.799. The summed E-state index contributed by atoms with van der Waals surface area (Å²) in [5.41, 5.74) is 2.82. The van der Waals surface area contributed by atoms with Crippen LogP contribution in [0.15, 0.2) is 48.7 Å². The Kier molecular flexibility index (Phi) is 5.47. The van der Waals surface area contributed by atoms with Crippen LogP contribution in [0.25, 0.3) is 0 Å². The Morgan fingerprint density at radius 2 is 1.86 bits per heavy atom. The second-order valence-corrected chi connectivity index (χ2v) is 6.81.